The van der Waals surface area contributed by atoms with Crippen molar-refractivity contribution in [3.8, 4) is 0 Å². The van der Waals surface area contributed by atoms with E-state index in [4.69, 9.17) is 13.7 Å². The number of ether oxygens (including phenoxy) is 2. The molecule has 9 nitrogen and oxygen atoms in total. The number of esters is 1. The maximum absolute atomic E-state index is 13.4. The van der Waals surface area contributed by atoms with Gasteiger partial charge in [-0.15, -0.1) is 0 Å². The third-order valence-electron chi connectivity index (χ3n) is 6.78. The van der Waals surface area contributed by atoms with E-state index in [-0.39, 0.29) is 18.5 Å². The van der Waals surface area contributed by atoms with Gasteiger partial charge in [0.2, 0.25) is 0 Å². The number of piperidine rings is 1. The van der Waals surface area contributed by atoms with E-state index >= 15 is 0 Å². The summed E-state index contributed by atoms with van der Waals surface area (Å²) in [5, 5.41) is 0. The predicted molar refractivity (Wildman–Crippen MR) is 153 cm³/mol. The largest absolute Gasteiger partial charge is 0.467 e. The average Bonchev–Trinajstić information content (AvgIpc) is 2.89. The molecule has 0 saturated carbocycles. The second-order valence-electron chi connectivity index (χ2n) is 11.2. The first-order valence-corrected chi connectivity index (χ1v) is 15.5. The van der Waals surface area contributed by atoms with Gasteiger partial charge in [0.15, 0.2) is 6.10 Å². The first-order valence-electron chi connectivity index (χ1n) is 13.6. The van der Waals surface area contributed by atoms with Crippen molar-refractivity contribution in [2.45, 2.75) is 83.3 Å². The van der Waals surface area contributed by atoms with Crippen molar-refractivity contribution in [2.24, 2.45) is 0 Å². The van der Waals surface area contributed by atoms with E-state index in [0.29, 0.717) is 26.1 Å². The molecule has 1 fully saturated rings. The monoisotopic (exact) mass is 574 g/mol. The van der Waals surface area contributed by atoms with Crippen molar-refractivity contribution in [1.82, 2.24) is 9.80 Å². The van der Waals surface area contributed by atoms with Crippen LogP contribution in [0, 0.1) is 0 Å². The molecule has 2 aromatic carbocycles. The number of benzene rings is 2. The first-order chi connectivity index (χ1) is 18.9. The molecule has 0 aliphatic carbocycles. The minimum atomic E-state index is -3.91. The van der Waals surface area contributed by atoms with Gasteiger partial charge in [-0.25, -0.2) is 9.59 Å². The number of amides is 1. The lowest BCUT2D eigenvalue weighted by Gasteiger charge is -2.46. The average molecular weight is 575 g/mol. The summed E-state index contributed by atoms with van der Waals surface area (Å²) < 4.78 is 39.5. The van der Waals surface area contributed by atoms with Crippen LogP contribution in [0.4, 0.5) is 4.79 Å². The molecule has 2 aromatic rings. The number of rotatable bonds is 11. The molecule has 220 valence electrons. The number of nitrogens with zero attached hydrogens (tertiary/aromatic N) is 2. The zero-order valence-electron chi connectivity index (χ0n) is 24.1. The van der Waals surface area contributed by atoms with Gasteiger partial charge in [0.1, 0.15) is 5.60 Å². The molecule has 3 rings (SSSR count). The molecule has 3 atom stereocenters. The van der Waals surface area contributed by atoms with Gasteiger partial charge in [0, 0.05) is 25.7 Å². The number of likely N-dealkylation sites (tertiary alicyclic amines) is 1. The quantitative estimate of drug-likeness (QED) is 0.280. The topological polar surface area (TPSA) is 102 Å². The Balaban J connectivity index is 1.97. The number of hydrogen-bond donors (Lipinski definition) is 0. The Bertz CT molecular complexity index is 1160. The van der Waals surface area contributed by atoms with E-state index in [1.165, 1.54) is 7.11 Å². The molecule has 1 amide bonds. The third-order valence-corrected chi connectivity index (χ3v) is 7.36. The van der Waals surface area contributed by atoms with E-state index < -0.39 is 33.9 Å². The molecule has 0 bridgehead atoms. The van der Waals surface area contributed by atoms with E-state index in [0.717, 1.165) is 30.2 Å². The fraction of sp³-hybridized carbons (Fsp3) is 0.533. The first kappa shape index (κ1) is 31.6. The maximum atomic E-state index is 13.4. The van der Waals surface area contributed by atoms with Crippen LogP contribution in [-0.4, -0.2) is 74.0 Å². The van der Waals surface area contributed by atoms with Crippen LogP contribution in [0.2, 0.25) is 0 Å². The van der Waals surface area contributed by atoms with Crippen molar-refractivity contribution in [1.29, 1.82) is 0 Å². The fourth-order valence-electron chi connectivity index (χ4n) is 5.15. The number of carbonyl (C=O) groups excluding carboxylic acids is 2. The molecule has 1 heterocycles. The lowest BCUT2D eigenvalue weighted by molar-refractivity contribution is -0.149. The molecule has 0 N–H and O–H groups in total. The Morgan fingerprint density at radius 1 is 1.00 bits per heavy atom. The molecule has 1 aliphatic heterocycles. The van der Waals surface area contributed by atoms with Gasteiger partial charge in [0.25, 0.3) is 10.1 Å². The summed E-state index contributed by atoms with van der Waals surface area (Å²) in [7, 11) is -2.72. The highest BCUT2D eigenvalue weighted by atomic mass is 32.2. The fourth-order valence-corrected chi connectivity index (χ4v) is 5.75. The second kappa shape index (κ2) is 14.1. The van der Waals surface area contributed by atoms with Crippen molar-refractivity contribution in [3.63, 3.8) is 0 Å². The summed E-state index contributed by atoms with van der Waals surface area (Å²) in [4.78, 5) is 30.0. The summed E-state index contributed by atoms with van der Waals surface area (Å²) >= 11 is 0. The smallest absolute Gasteiger partial charge is 0.410 e. The van der Waals surface area contributed by atoms with Crippen LogP contribution in [0.15, 0.2) is 60.7 Å². The van der Waals surface area contributed by atoms with Gasteiger partial charge < -0.3 is 14.4 Å². The van der Waals surface area contributed by atoms with Crippen LogP contribution in [0.3, 0.4) is 0 Å². The highest BCUT2D eigenvalue weighted by molar-refractivity contribution is 7.86. The van der Waals surface area contributed by atoms with Crippen LogP contribution in [0.5, 0.6) is 0 Å². The Morgan fingerprint density at radius 2 is 1.55 bits per heavy atom. The highest BCUT2D eigenvalue weighted by Gasteiger charge is 2.40. The van der Waals surface area contributed by atoms with Crippen LogP contribution in [-0.2, 0) is 41.7 Å². The molecular weight excluding hydrogens is 532 g/mol. The molecule has 1 saturated heterocycles. The van der Waals surface area contributed by atoms with Crippen LogP contribution in [0.1, 0.15) is 57.6 Å². The summed E-state index contributed by atoms with van der Waals surface area (Å²) in [5.74, 6) is -0.771. The van der Waals surface area contributed by atoms with Crippen molar-refractivity contribution < 1.29 is 31.7 Å². The molecule has 1 aliphatic rings. The van der Waals surface area contributed by atoms with Crippen LogP contribution >= 0.6 is 0 Å². The van der Waals surface area contributed by atoms with Crippen molar-refractivity contribution in [2.75, 3.05) is 19.9 Å². The summed E-state index contributed by atoms with van der Waals surface area (Å²) in [6, 6.07) is 19.9. The molecule has 0 aromatic heterocycles. The second-order valence-corrected chi connectivity index (χ2v) is 12.8. The van der Waals surface area contributed by atoms with Gasteiger partial charge in [-0.2, -0.15) is 8.42 Å². The van der Waals surface area contributed by atoms with Gasteiger partial charge in [-0.1, -0.05) is 60.7 Å². The van der Waals surface area contributed by atoms with Gasteiger partial charge in [-0.3, -0.25) is 9.08 Å². The zero-order valence-corrected chi connectivity index (χ0v) is 24.9. The number of carbonyl (C=O) groups is 2. The molecular formula is C30H42N2O7S. The van der Waals surface area contributed by atoms with Crippen molar-refractivity contribution >= 4 is 22.2 Å². The summed E-state index contributed by atoms with van der Waals surface area (Å²) in [5.41, 5.74) is 1.59. The molecule has 1 unspecified atom stereocenters. The molecule has 0 spiro atoms. The zero-order chi connectivity index (χ0) is 29.3. The number of methoxy groups -OCH3 is 1. The Morgan fingerprint density at radius 3 is 2.02 bits per heavy atom. The predicted octanol–water partition coefficient (Wildman–Crippen LogP) is 4.75. The van der Waals surface area contributed by atoms with Crippen molar-refractivity contribution in [3.05, 3.63) is 71.8 Å². The van der Waals surface area contributed by atoms with E-state index in [1.54, 1.807) is 4.90 Å². The van der Waals surface area contributed by atoms with E-state index in [9.17, 15) is 18.0 Å². The lowest BCUT2D eigenvalue weighted by atomic mass is 9.89. The highest BCUT2D eigenvalue weighted by Crippen LogP contribution is 2.31. The minimum Gasteiger partial charge on any atom is -0.467 e. The maximum Gasteiger partial charge on any atom is 0.410 e. The molecule has 40 heavy (non-hydrogen) atoms. The van der Waals surface area contributed by atoms with Gasteiger partial charge in [-0.05, 0) is 57.6 Å². The van der Waals surface area contributed by atoms with Crippen LogP contribution < -0.4 is 0 Å². The Labute approximate surface area is 238 Å². The molecule has 0 radical (unpaired) electrons. The third kappa shape index (κ3) is 9.91. The van der Waals surface area contributed by atoms with Gasteiger partial charge >= 0.3 is 12.1 Å². The molecule has 10 heteroatoms. The summed E-state index contributed by atoms with van der Waals surface area (Å²) in [6.07, 6.45) is 1.14. The standard InChI is InChI=1S/C30H42N2O7S/c1-30(2,3)38-29(34)32-20-12-17-25(26(32)18-19-27(28(33)37-4)39-40(5,35)36)31(21-23-13-8-6-9-14-23)22-24-15-10-7-11-16-24/h6-11,13-16,25-27H,12,17-22H2,1-5H3/t25-,26+,27?/m0/s1. The van der Waals surface area contributed by atoms with Gasteiger partial charge in [0.05, 0.1) is 19.4 Å². The minimum absolute atomic E-state index is 0.0602. The Kier molecular flexibility index (Phi) is 11.1. The van der Waals surface area contributed by atoms with Crippen LogP contribution in [0.25, 0.3) is 0 Å². The number of hydrogen-bond acceptors (Lipinski definition) is 8. The van der Waals surface area contributed by atoms with E-state index in [2.05, 4.69) is 29.2 Å². The SMILES string of the molecule is COC(=O)C(CC[C@@H]1[C@@H](N(Cc2ccccc2)Cc2ccccc2)CCCN1C(=O)OC(C)(C)C)OS(C)(=O)=O. The summed E-state index contributed by atoms with van der Waals surface area (Å²) in [6.45, 7) is 7.28. The normalized spacial score (nSPS) is 18.8. The lowest BCUT2D eigenvalue weighted by Crippen LogP contribution is -2.57. The van der Waals surface area contributed by atoms with E-state index in [1.807, 2.05) is 57.2 Å². The Hall–Kier alpha value is -2.95.